The van der Waals surface area contributed by atoms with Gasteiger partial charge in [0.2, 0.25) is 5.91 Å². The van der Waals surface area contributed by atoms with Crippen LogP contribution in [0, 0.1) is 11.6 Å². The molecule has 1 amide bonds. The Hall–Kier alpha value is -3.27. The molecule has 0 radical (unpaired) electrons. The van der Waals surface area contributed by atoms with Gasteiger partial charge in [-0.2, -0.15) is 0 Å². The highest BCUT2D eigenvalue weighted by molar-refractivity contribution is 8.13. The van der Waals surface area contributed by atoms with Crippen molar-refractivity contribution in [3.8, 4) is 16.9 Å². The van der Waals surface area contributed by atoms with E-state index >= 15 is 0 Å². The van der Waals surface area contributed by atoms with E-state index in [0.717, 1.165) is 36.0 Å². The molecule has 10 heteroatoms. The van der Waals surface area contributed by atoms with Crippen LogP contribution in [-0.2, 0) is 14.4 Å². The van der Waals surface area contributed by atoms with Gasteiger partial charge in [0.15, 0.2) is 5.12 Å². The number of carboxylic acid groups (broad SMARTS) is 1. The summed E-state index contributed by atoms with van der Waals surface area (Å²) in [5.74, 6) is -5.06. The Labute approximate surface area is 174 Å². The van der Waals surface area contributed by atoms with Crippen LogP contribution in [0.3, 0.4) is 0 Å². The maximum atomic E-state index is 14.0. The fraction of sp³-hybridized carbons (Fsp3) is 0.200. The number of carboxylic acids is 1. The molecule has 0 aliphatic rings. The van der Waals surface area contributed by atoms with Gasteiger partial charge in [0.25, 0.3) is 0 Å². The Balaban J connectivity index is 2.33. The molecule has 2 N–H and O–H groups in total. The monoisotopic (exact) mass is 437 g/mol. The van der Waals surface area contributed by atoms with Gasteiger partial charge < -0.3 is 15.2 Å². The molecule has 0 aliphatic heterocycles. The summed E-state index contributed by atoms with van der Waals surface area (Å²) in [6, 6.07) is 5.20. The number of nitrogens with one attached hydrogen (secondary N) is 1. The summed E-state index contributed by atoms with van der Waals surface area (Å²) in [4.78, 5) is 46.5. The van der Waals surface area contributed by atoms with E-state index in [1.807, 2.05) is 0 Å². The maximum absolute atomic E-state index is 14.0. The van der Waals surface area contributed by atoms with Gasteiger partial charge in [-0.05, 0) is 29.8 Å². The van der Waals surface area contributed by atoms with Gasteiger partial charge in [0.1, 0.15) is 29.0 Å². The van der Waals surface area contributed by atoms with E-state index in [4.69, 9.17) is 4.74 Å². The largest absolute Gasteiger partial charge is 0.478 e. The van der Waals surface area contributed by atoms with E-state index in [1.54, 1.807) is 0 Å². The van der Waals surface area contributed by atoms with Crippen molar-refractivity contribution in [2.45, 2.75) is 19.9 Å². The predicted molar refractivity (Wildman–Crippen MR) is 105 cm³/mol. The van der Waals surface area contributed by atoms with Crippen molar-refractivity contribution < 1.29 is 37.8 Å². The number of thioether (sulfide) groups is 1. The molecule has 0 fully saturated rings. The van der Waals surface area contributed by atoms with Gasteiger partial charge in [-0.1, -0.05) is 17.8 Å². The Bertz CT molecular complexity index is 1010. The number of hydrogen-bond donors (Lipinski definition) is 2. The summed E-state index contributed by atoms with van der Waals surface area (Å²) in [7, 11) is 0. The van der Waals surface area contributed by atoms with E-state index in [-0.39, 0.29) is 27.7 Å². The normalized spacial score (nSPS) is 11.5. The van der Waals surface area contributed by atoms with E-state index < -0.39 is 41.1 Å². The number of aromatic carboxylic acids is 1. The number of halogens is 2. The first-order valence-electron chi connectivity index (χ1n) is 8.53. The topological polar surface area (TPSA) is 110 Å². The SMILES string of the molecule is CC(=O)N[C@@H](CSC(C)=O)C(=O)Oc1ccc(-c2ccc(F)cc2F)cc1C(=O)O. The average molecular weight is 437 g/mol. The van der Waals surface area contributed by atoms with E-state index in [0.29, 0.717) is 6.07 Å². The second-order valence-corrected chi connectivity index (χ2v) is 7.31. The number of amides is 1. The lowest BCUT2D eigenvalue weighted by Gasteiger charge is -2.17. The van der Waals surface area contributed by atoms with Crippen LogP contribution in [0.25, 0.3) is 11.1 Å². The second kappa shape index (κ2) is 9.97. The molecule has 1 atom stereocenters. The lowest BCUT2D eigenvalue weighted by molar-refractivity contribution is -0.138. The average Bonchev–Trinajstić information content (AvgIpc) is 2.65. The van der Waals surface area contributed by atoms with Crippen LogP contribution in [0.15, 0.2) is 36.4 Å². The molecular weight excluding hydrogens is 420 g/mol. The van der Waals surface area contributed by atoms with Crippen molar-refractivity contribution in [2.24, 2.45) is 0 Å². The molecule has 2 aromatic carbocycles. The third kappa shape index (κ3) is 6.11. The van der Waals surface area contributed by atoms with Crippen LogP contribution < -0.4 is 10.1 Å². The van der Waals surface area contributed by atoms with Crippen LogP contribution >= 0.6 is 11.8 Å². The zero-order chi connectivity index (χ0) is 22.4. The van der Waals surface area contributed by atoms with Crippen molar-refractivity contribution in [3.63, 3.8) is 0 Å². The van der Waals surface area contributed by atoms with Gasteiger partial charge in [-0.3, -0.25) is 9.59 Å². The van der Waals surface area contributed by atoms with Gasteiger partial charge in [-0.25, -0.2) is 18.4 Å². The highest BCUT2D eigenvalue weighted by Crippen LogP contribution is 2.29. The summed E-state index contributed by atoms with van der Waals surface area (Å²) in [5.41, 5.74) is -0.341. The fourth-order valence-corrected chi connectivity index (χ4v) is 3.09. The number of benzene rings is 2. The van der Waals surface area contributed by atoms with E-state index in [9.17, 15) is 33.1 Å². The lowest BCUT2D eigenvalue weighted by Crippen LogP contribution is -2.44. The molecule has 30 heavy (non-hydrogen) atoms. The molecule has 0 aromatic heterocycles. The lowest BCUT2D eigenvalue weighted by atomic mass is 10.0. The third-order valence-electron chi connectivity index (χ3n) is 3.78. The number of hydrogen-bond acceptors (Lipinski definition) is 6. The molecule has 0 spiro atoms. The van der Waals surface area contributed by atoms with Crippen LogP contribution in [0.2, 0.25) is 0 Å². The molecule has 7 nitrogen and oxygen atoms in total. The van der Waals surface area contributed by atoms with Crippen molar-refractivity contribution in [2.75, 3.05) is 5.75 Å². The number of esters is 1. The van der Waals surface area contributed by atoms with Gasteiger partial charge in [0, 0.05) is 31.2 Å². The van der Waals surface area contributed by atoms with Crippen molar-refractivity contribution in [3.05, 3.63) is 53.6 Å². The van der Waals surface area contributed by atoms with Gasteiger partial charge in [0.05, 0.1) is 0 Å². The Morgan fingerprint density at radius 3 is 2.37 bits per heavy atom. The van der Waals surface area contributed by atoms with Gasteiger partial charge in [-0.15, -0.1) is 0 Å². The minimum absolute atomic E-state index is 0.0363. The molecule has 0 unspecified atom stereocenters. The quantitative estimate of drug-likeness (QED) is 0.506. The second-order valence-electron chi connectivity index (χ2n) is 6.12. The minimum Gasteiger partial charge on any atom is -0.478 e. The van der Waals surface area contributed by atoms with Gasteiger partial charge >= 0.3 is 11.9 Å². The van der Waals surface area contributed by atoms with Crippen molar-refractivity contribution in [1.82, 2.24) is 5.32 Å². The number of carbonyl (C=O) groups excluding carboxylic acids is 3. The highest BCUT2D eigenvalue weighted by Gasteiger charge is 2.25. The molecule has 0 heterocycles. The Morgan fingerprint density at radius 1 is 1.10 bits per heavy atom. The molecule has 0 saturated carbocycles. The standard InChI is InChI=1S/C20H17F2NO6S/c1-10(24)23-17(9-30-11(2)25)20(28)29-18-6-3-12(7-15(18)19(26)27)14-5-4-13(21)8-16(14)22/h3-8,17H,9H2,1-2H3,(H,23,24)(H,26,27)/t17-/m0/s1. The minimum atomic E-state index is -1.45. The predicted octanol–water partition coefficient (Wildman–Crippen LogP) is 3.02. The molecule has 158 valence electrons. The van der Waals surface area contributed by atoms with Crippen molar-refractivity contribution in [1.29, 1.82) is 0 Å². The number of carbonyl (C=O) groups is 4. The maximum Gasteiger partial charge on any atom is 0.339 e. The van der Waals surface area contributed by atoms with Crippen molar-refractivity contribution >= 4 is 34.7 Å². The van der Waals surface area contributed by atoms with E-state index in [1.165, 1.54) is 19.9 Å². The zero-order valence-corrected chi connectivity index (χ0v) is 16.7. The summed E-state index contributed by atoms with van der Waals surface area (Å²) in [6.07, 6.45) is 0. The first-order valence-corrected chi connectivity index (χ1v) is 9.52. The number of rotatable bonds is 7. The summed E-state index contributed by atoms with van der Waals surface area (Å²) in [6.45, 7) is 2.46. The van der Waals surface area contributed by atoms with Crippen LogP contribution in [0.1, 0.15) is 24.2 Å². The van der Waals surface area contributed by atoms with Crippen LogP contribution in [0.4, 0.5) is 8.78 Å². The molecule has 0 bridgehead atoms. The first kappa shape index (κ1) is 23.0. The van der Waals surface area contributed by atoms with Crippen LogP contribution in [0.5, 0.6) is 5.75 Å². The first-order chi connectivity index (χ1) is 14.1. The molecule has 0 aliphatic carbocycles. The molecule has 0 saturated heterocycles. The highest BCUT2D eigenvalue weighted by atomic mass is 32.2. The molecule has 2 aromatic rings. The fourth-order valence-electron chi connectivity index (χ4n) is 2.47. The number of ether oxygens (including phenoxy) is 1. The summed E-state index contributed by atoms with van der Waals surface area (Å²) < 4.78 is 32.3. The summed E-state index contributed by atoms with van der Waals surface area (Å²) >= 11 is 0.790. The molecule has 2 rings (SSSR count). The Kier molecular flexibility index (Phi) is 7.65. The van der Waals surface area contributed by atoms with Crippen LogP contribution in [-0.4, -0.2) is 39.9 Å². The zero-order valence-electron chi connectivity index (χ0n) is 15.9. The van der Waals surface area contributed by atoms with E-state index in [2.05, 4.69) is 5.32 Å². The molecular formula is C20H17F2NO6S. The summed E-state index contributed by atoms with van der Waals surface area (Å²) in [5, 5.41) is 11.5. The Morgan fingerprint density at radius 2 is 1.80 bits per heavy atom. The smallest absolute Gasteiger partial charge is 0.339 e. The third-order valence-corrected chi connectivity index (χ3v) is 4.68.